The summed E-state index contributed by atoms with van der Waals surface area (Å²) in [5, 5.41) is 0. The van der Waals surface area contributed by atoms with Gasteiger partial charge >= 0.3 is 0 Å². The number of rotatable bonds is 5. The number of nitrogens with one attached hydrogen (secondary N) is 1. The first-order valence-electron chi connectivity index (χ1n) is 6.91. The lowest BCUT2D eigenvalue weighted by molar-refractivity contribution is 0.421. The molecule has 0 aromatic heterocycles. The molecule has 1 aliphatic carbocycles. The zero-order valence-corrected chi connectivity index (χ0v) is 11.0. The summed E-state index contributed by atoms with van der Waals surface area (Å²) in [5.74, 6) is 5.83. The highest BCUT2D eigenvalue weighted by molar-refractivity contribution is 5.35. The summed E-state index contributed by atoms with van der Waals surface area (Å²) in [6.45, 7) is 0. The van der Waals surface area contributed by atoms with Gasteiger partial charge in [-0.1, -0.05) is 60.7 Å². The maximum absolute atomic E-state index is 5.83. The third-order valence-electron chi connectivity index (χ3n) is 4.29. The van der Waals surface area contributed by atoms with Gasteiger partial charge in [0.25, 0.3) is 0 Å². The summed E-state index contributed by atoms with van der Waals surface area (Å²) < 4.78 is 0. The minimum atomic E-state index is 0.228. The molecule has 1 unspecified atom stereocenters. The molecule has 2 nitrogen and oxygen atoms in total. The number of benzene rings is 2. The molecule has 1 fully saturated rings. The van der Waals surface area contributed by atoms with Gasteiger partial charge in [0.05, 0.1) is 0 Å². The maximum atomic E-state index is 5.83. The van der Waals surface area contributed by atoms with Crippen LogP contribution >= 0.6 is 0 Å². The Bertz CT molecular complexity index is 517. The van der Waals surface area contributed by atoms with E-state index >= 15 is 0 Å². The van der Waals surface area contributed by atoms with E-state index in [1.54, 1.807) is 0 Å². The summed E-state index contributed by atoms with van der Waals surface area (Å²) in [4.78, 5) is 0. The molecule has 2 aromatic carbocycles. The third kappa shape index (κ3) is 2.42. The van der Waals surface area contributed by atoms with Crippen LogP contribution in [0.2, 0.25) is 0 Å². The Labute approximate surface area is 114 Å². The van der Waals surface area contributed by atoms with Gasteiger partial charge in [-0.05, 0) is 30.4 Å². The van der Waals surface area contributed by atoms with E-state index in [2.05, 4.69) is 66.1 Å². The van der Waals surface area contributed by atoms with Crippen LogP contribution in [0.4, 0.5) is 0 Å². The molecule has 0 heterocycles. The van der Waals surface area contributed by atoms with Gasteiger partial charge in [-0.15, -0.1) is 0 Å². The second-order valence-corrected chi connectivity index (χ2v) is 5.43. The molecule has 2 aromatic rings. The van der Waals surface area contributed by atoms with Crippen LogP contribution in [0.15, 0.2) is 60.7 Å². The van der Waals surface area contributed by atoms with Gasteiger partial charge in [0.2, 0.25) is 0 Å². The van der Waals surface area contributed by atoms with Crippen LogP contribution in [0.25, 0.3) is 0 Å². The lowest BCUT2D eigenvalue weighted by atomic mass is 9.85. The van der Waals surface area contributed by atoms with E-state index in [4.69, 9.17) is 5.84 Å². The van der Waals surface area contributed by atoms with Gasteiger partial charge in [0.15, 0.2) is 0 Å². The van der Waals surface area contributed by atoms with E-state index in [9.17, 15) is 0 Å². The van der Waals surface area contributed by atoms with Gasteiger partial charge in [0.1, 0.15) is 0 Å². The Hall–Kier alpha value is -1.64. The number of hydrogen-bond acceptors (Lipinski definition) is 2. The van der Waals surface area contributed by atoms with Gasteiger partial charge in [-0.2, -0.15) is 0 Å². The fourth-order valence-corrected chi connectivity index (χ4v) is 3.01. The second kappa shape index (κ2) is 5.16. The minimum Gasteiger partial charge on any atom is -0.271 e. The van der Waals surface area contributed by atoms with E-state index in [1.807, 2.05) is 0 Å². The normalized spacial score (nSPS) is 17.9. The molecule has 1 aliphatic rings. The first kappa shape index (κ1) is 12.4. The fourth-order valence-electron chi connectivity index (χ4n) is 3.01. The molecular formula is C17H20N2. The first-order chi connectivity index (χ1) is 9.35. The highest BCUT2D eigenvalue weighted by Crippen LogP contribution is 2.51. The molecule has 3 rings (SSSR count). The Kier molecular flexibility index (Phi) is 3.36. The molecule has 1 saturated carbocycles. The Balaban J connectivity index is 1.83. The fraction of sp³-hybridized carbons (Fsp3) is 0.294. The van der Waals surface area contributed by atoms with Crippen LogP contribution in [0.1, 0.15) is 24.0 Å². The summed E-state index contributed by atoms with van der Waals surface area (Å²) in [5.41, 5.74) is 6.03. The second-order valence-electron chi connectivity index (χ2n) is 5.43. The van der Waals surface area contributed by atoms with E-state index < -0.39 is 0 Å². The molecule has 0 spiro atoms. The lowest BCUT2D eigenvalue weighted by Gasteiger charge is -2.27. The molecule has 0 radical (unpaired) electrons. The number of nitrogens with two attached hydrogens (primary N) is 1. The Morgan fingerprint density at radius 1 is 0.947 bits per heavy atom. The summed E-state index contributed by atoms with van der Waals surface area (Å²) in [7, 11) is 0. The standard InChI is InChI=1S/C17H20N2/c18-19-16(13-14-7-3-1-4-8-14)17(11-12-17)15-9-5-2-6-10-15/h1-10,16,19H,11-13,18H2. The van der Waals surface area contributed by atoms with Crippen molar-refractivity contribution in [3.63, 3.8) is 0 Å². The molecular weight excluding hydrogens is 232 g/mol. The van der Waals surface area contributed by atoms with Crippen LogP contribution in [-0.4, -0.2) is 6.04 Å². The molecule has 19 heavy (non-hydrogen) atoms. The van der Waals surface area contributed by atoms with Crippen molar-refractivity contribution in [2.45, 2.75) is 30.7 Å². The number of hydrogen-bond donors (Lipinski definition) is 2. The average Bonchev–Trinajstić information content (AvgIpc) is 3.28. The van der Waals surface area contributed by atoms with E-state index in [-0.39, 0.29) is 5.41 Å². The highest BCUT2D eigenvalue weighted by Gasteiger charge is 2.50. The van der Waals surface area contributed by atoms with Crippen molar-refractivity contribution in [2.24, 2.45) is 5.84 Å². The zero-order chi connectivity index (χ0) is 13.1. The zero-order valence-electron chi connectivity index (χ0n) is 11.0. The molecule has 1 atom stereocenters. The third-order valence-corrected chi connectivity index (χ3v) is 4.29. The van der Waals surface area contributed by atoms with E-state index in [0.717, 1.165) is 6.42 Å². The minimum absolute atomic E-state index is 0.228. The largest absolute Gasteiger partial charge is 0.271 e. The molecule has 3 N–H and O–H groups in total. The Morgan fingerprint density at radius 2 is 1.53 bits per heavy atom. The van der Waals surface area contributed by atoms with Crippen LogP contribution in [0.5, 0.6) is 0 Å². The van der Waals surface area contributed by atoms with E-state index in [1.165, 1.54) is 24.0 Å². The van der Waals surface area contributed by atoms with Crippen molar-refractivity contribution >= 4 is 0 Å². The van der Waals surface area contributed by atoms with Gasteiger partial charge in [-0.3, -0.25) is 11.3 Å². The Morgan fingerprint density at radius 3 is 2.05 bits per heavy atom. The van der Waals surface area contributed by atoms with Crippen LogP contribution in [-0.2, 0) is 11.8 Å². The highest BCUT2D eigenvalue weighted by atomic mass is 15.2. The first-order valence-corrected chi connectivity index (χ1v) is 6.91. The van der Waals surface area contributed by atoms with Crippen LogP contribution in [0, 0.1) is 0 Å². The van der Waals surface area contributed by atoms with Crippen molar-refractivity contribution < 1.29 is 0 Å². The maximum Gasteiger partial charge on any atom is 0.0347 e. The quantitative estimate of drug-likeness (QED) is 0.634. The summed E-state index contributed by atoms with van der Waals surface area (Å²) in [6.07, 6.45) is 3.42. The van der Waals surface area contributed by atoms with Gasteiger partial charge in [-0.25, -0.2) is 0 Å². The van der Waals surface area contributed by atoms with Gasteiger partial charge < -0.3 is 0 Å². The summed E-state index contributed by atoms with van der Waals surface area (Å²) in [6, 6.07) is 21.6. The van der Waals surface area contributed by atoms with Crippen molar-refractivity contribution in [3.8, 4) is 0 Å². The topological polar surface area (TPSA) is 38.0 Å². The number of hydrazine groups is 1. The molecule has 98 valence electrons. The SMILES string of the molecule is NNC(Cc1ccccc1)C1(c2ccccc2)CC1. The lowest BCUT2D eigenvalue weighted by Crippen LogP contribution is -2.45. The monoisotopic (exact) mass is 252 g/mol. The van der Waals surface area contributed by atoms with Crippen molar-refractivity contribution in [2.75, 3.05) is 0 Å². The molecule has 0 amide bonds. The van der Waals surface area contributed by atoms with E-state index in [0.29, 0.717) is 6.04 Å². The smallest absolute Gasteiger partial charge is 0.0347 e. The van der Waals surface area contributed by atoms with Gasteiger partial charge in [0, 0.05) is 11.5 Å². The van der Waals surface area contributed by atoms with Crippen molar-refractivity contribution in [3.05, 3.63) is 71.8 Å². The molecule has 0 saturated heterocycles. The predicted octanol–water partition coefficient (Wildman–Crippen LogP) is 2.79. The predicted molar refractivity (Wildman–Crippen MR) is 78.6 cm³/mol. The molecule has 0 aliphatic heterocycles. The van der Waals surface area contributed by atoms with Crippen LogP contribution in [0.3, 0.4) is 0 Å². The summed E-state index contributed by atoms with van der Waals surface area (Å²) >= 11 is 0. The molecule has 2 heteroatoms. The van der Waals surface area contributed by atoms with Crippen LogP contribution < -0.4 is 11.3 Å². The average molecular weight is 252 g/mol. The van der Waals surface area contributed by atoms with Crippen molar-refractivity contribution in [1.82, 2.24) is 5.43 Å². The molecule has 0 bridgehead atoms. The van der Waals surface area contributed by atoms with Crippen molar-refractivity contribution in [1.29, 1.82) is 0 Å².